The molecule has 0 aliphatic rings. The normalized spacial score (nSPS) is 12.1. The smallest absolute Gasteiger partial charge is 0.306 e. The highest BCUT2D eigenvalue weighted by molar-refractivity contribution is 5.71. The molecule has 51 heavy (non-hydrogen) atoms. The van der Waals surface area contributed by atoms with Gasteiger partial charge in [0.15, 0.2) is 6.10 Å². The second-order valence-corrected chi connectivity index (χ2v) is 14.6. The molecule has 0 radical (unpaired) electrons. The third-order valence-corrected chi connectivity index (χ3v) is 9.41. The fourth-order valence-electron chi connectivity index (χ4n) is 6.08. The summed E-state index contributed by atoms with van der Waals surface area (Å²) in [6.07, 6.45) is 43.0. The SMILES string of the molecule is CCC/C=C\CCCCCCCC(=O)OC(COC(=O)CCCCCCC/C=C\CCCCCC)COC(=O)CCCCCCCCCCCC. The molecule has 0 aromatic rings. The van der Waals surface area contributed by atoms with Crippen LogP contribution in [0.25, 0.3) is 0 Å². The van der Waals surface area contributed by atoms with Crippen molar-refractivity contribution in [2.75, 3.05) is 13.2 Å². The Bertz CT molecular complexity index is 835. The predicted molar refractivity (Wildman–Crippen MR) is 215 cm³/mol. The highest BCUT2D eigenvalue weighted by Crippen LogP contribution is 2.14. The van der Waals surface area contributed by atoms with E-state index in [9.17, 15) is 14.4 Å². The van der Waals surface area contributed by atoms with Crippen LogP contribution < -0.4 is 0 Å². The van der Waals surface area contributed by atoms with Crippen LogP contribution in [0.15, 0.2) is 24.3 Å². The molecule has 0 saturated heterocycles. The molecule has 0 aromatic carbocycles. The lowest BCUT2D eigenvalue weighted by molar-refractivity contribution is -0.167. The molecule has 0 amide bonds. The molecule has 0 heterocycles. The average molecular weight is 719 g/mol. The Labute approximate surface area is 315 Å². The van der Waals surface area contributed by atoms with Crippen LogP contribution in [0.1, 0.15) is 226 Å². The largest absolute Gasteiger partial charge is 0.462 e. The number of esters is 3. The van der Waals surface area contributed by atoms with Gasteiger partial charge in [-0.1, -0.05) is 167 Å². The van der Waals surface area contributed by atoms with Gasteiger partial charge in [-0.25, -0.2) is 0 Å². The molecule has 0 aliphatic heterocycles. The van der Waals surface area contributed by atoms with Gasteiger partial charge in [-0.15, -0.1) is 0 Å². The molecular weight excluding hydrogens is 636 g/mol. The maximum absolute atomic E-state index is 12.6. The van der Waals surface area contributed by atoms with Crippen molar-refractivity contribution < 1.29 is 28.6 Å². The first-order valence-corrected chi connectivity index (χ1v) is 21.8. The Kier molecular flexibility index (Phi) is 39.0. The molecule has 0 N–H and O–H groups in total. The summed E-state index contributed by atoms with van der Waals surface area (Å²) in [7, 11) is 0. The van der Waals surface area contributed by atoms with Crippen molar-refractivity contribution in [2.45, 2.75) is 232 Å². The zero-order valence-electron chi connectivity index (χ0n) is 33.9. The van der Waals surface area contributed by atoms with Crippen LogP contribution in [0.4, 0.5) is 0 Å². The van der Waals surface area contributed by atoms with E-state index in [1.165, 1.54) is 103 Å². The van der Waals surface area contributed by atoms with Crippen molar-refractivity contribution in [1.29, 1.82) is 0 Å². The van der Waals surface area contributed by atoms with Gasteiger partial charge < -0.3 is 14.2 Å². The number of allylic oxidation sites excluding steroid dienone is 4. The van der Waals surface area contributed by atoms with Gasteiger partial charge in [0.25, 0.3) is 0 Å². The van der Waals surface area contributed by atoms with Crippen molar-refractivity contribution in [1.82, 2.24) is 0 Å². The summed E-state index contributed by atoms with van der Waals surface area (Å²) in [4.78, 5) is 37.6. The van der Waals surface area contributed by atoms with Crippen molar-refractivity contribution in [2.24, 2.45) is 0 Å². The summed E-state index contributed by atoms with van der Waals surface area (Å²) in [5.74, 6) is -0.896. The lowest BCUT2D eigenvalue weighted by Gasteiger charge is -2.18. The molecule has 6 heteroatoms. The lowest BCUT2D eigenvalue weighted by atomic mass is 10.1. The summed E-state index contributed by atoms with van der Waals surface area (Å²) >= 11 is 0. The van der Waals surface area contributed by atoms with E-state index in [0.717, 1.165) is 83.5 Å². The minimum absolute atomic E-state index is 0.0751. The summed E-state index contributed by atoms with van der Waals surface area (Å²) in [5, 5.41) is 0. The number of unbranched alkanes of at least 4 members (excludes halogenated alkanes) is 24. The van der Waals surface area contributed by atoms with E-state index in [0.29, 0.717) is 19.3 Å². The molecule has 0 rings (SSSR count). The molecule has 0 aromatic heterocycles. The van der Waals surface area contributed by atoms with Crippen LogP contribution in [0.3, 0.4) is 0 Å². The maximum Gasteiger partial charge on any atom is 0.306 e. The van der Waals surface area contributed by atoms with E-state index in [2.05, 4.69) is 45.1 Å². The predicted octanol–water partition coefficient (Wildman–Crippen LogP) is 13.6. The number of carbonyl (C=O) groups excluding carboxylic acids is 3. The van der Waals surface area contributed by atoms with Crippen molar-refractivity contribution >= 4 is 17.9 Å². The van der Waals surface area contributed by atoms with E-state index >= 15 is 0 Å². The highest BCUT2D eigenvalue weighted by Gasteiger charge is 2.19. The van der Waals surface area contributed by atoms with Crippen LogP contribution >= 0.6 is 0 Å². The van der Waals surface area contributed by atoms with Crippen LogP contribution in [0.2, 0.25) is 0 Å². The summed E-state index contributed by atoms with van der Waals surface area (Å²) in [6.45, 7) is 6.53. The third-order valence-electron chi connectivity index (χ3n) is 9.41. The zero-order valence-corrected chi connectivity index (χ0v) is 33.9. The summed E-state index contributed by atoms with van der Waals surface area (Å²) in [6, 6.07) is 0. The fourth-order valence-corrected chi connectivity index (χ4v) is 6.08. The second-order valence-electron chi connectivity index (χ2n) is 14.6. The molecule has 1 atom stereocenters. The highest BCUT2D eigenvalue weighted by atomic mass is 16.6. The number of hydrogen-bond acceptors (Lipinski definition) is 6. The molecule has 298 valence electrons. The minimum atomic E-state index is -0.771. The topological polar surface area (TPSA) is 78.9 Å². The fraction of sp³-hybridized carbons (Fsp3) is 0.844. The Morgan fingerprint density at radius 1 is 0.373 bits per heavy atom. The molecule has 0 fully saturated rings. The van der Waals surface area contributed by atoms with Crippen LogP contribution in [0.5, 0.6) is 0 Å². The molecule has 0 spiro atoms. The number of carbonyl (C=O) groups is 3. The van der Waals surface area contributed by atoms with Gasteiger partial charge in [0, 0.05) is 19.3 Å². The van der Waals surface area contributed by atoms with Crippen molar-refractivity contribution in [3.8, 4) is 0 Å². The maximum atomic E-state index is 12.6. The Balaban J connectivity index is 4.36. The van der Waals surface area contributed by atoms with Gasteiger partial charge in [0.1, 0.15) is 13.2 Å². The number of hydrogen-bond donors (Lipinski definition) is 0. The second kappa shape index (κ2) is 40.7. The summed E-state index contributed by atoms with van der Waals surface area (Å²) < 4.78 is 16.6. The molecule has 0 aliphatic carbocycles. The Morgan fingerprint density at radius 2 is 0.686 bits per heavy atom. The molecular formula is C45H82O6. The molecule has 0 bridgehead atoms. The van der Waals surface area contributed by atoms with Crippen LogP contribution in [-0.4, -0.2) is 37.2 Å². The monoisotopic (exact) mass is 719 g/mol. The van der Waals surface area contributed by atoms with E-state index < -0.39 is 6.10 Å². The number of ether oxygens (including phenoxy) is 3. The minimum Gasteiger partial charge on any atom is -0.462 e. The zero-order chi connectivity index (χ0) is 37.3. The summed E-state index contributed by atoms with van der Waals surface area (Å²) in [5.41, 5.74) is 0. The van der Waals surface area contributed by atoms with Crippen molar-refractivity contribution in [3.63, 3.8) is 0 Å². The van der Waals surface area contributed by atoms with Gasteiger partial charge in [-0.05, 0) is 64.2 Å². The first-order valence-electron chi connectivity index (χ1n) is 21.8. The van der Waals surface area contributed by atoms with Gasteiger partial charge in [-0.2, -0.15) is 0 Å². The van der Waals surface area contributed by atoms with Crippen molar-refractivity contribution in [3.05, 3.63) is 24.3 Å². The van der Waals surface area contributed by atoms with E-state index in [1.54, 1.807) is 0 Å². The number of rotatable bonds is 39. The van der Waals surface area contributed by atoms with E-state index in [1.807, 2.05) is 0 Å². The van der Waals surface area contributed by atoms with Crippen LogP contribution in [0, 0.1) is 0 Å². The Hall–Kier alpha value is -2.11. The van der Waals surface area contributed by atoms with Gasteiger partial charge in [0.2, 0.25) is 0 Å². The van der Waals surface area contributed by atoms with E-state index in [-0.39, 0.29) is 31.1 Å². The first-order chi connectivity index (χ1) is 25.0. The molecule has 1 unspecified atom stereocenters. The quantitative estimate of drug-likeness (QED) is 0.0272. The lowest BCUT2D eigenvalue weighted by Crippen LogP contribution is -2.30. The van der Waals surface area contributed by atoms with Crippen LogP contribution in [-0.2, 0) is 28.6 Å². The molecule has 0 saturated carbocycles. The third kappa shape index (κ3) is 38.9. The van der Waals surface area contributed by atoms with Gasteiger partial charge in [-0.3, -0.25) is 14.4 Å². The standard InChI is InChI=1S/C45H82O6/c1-4-7-10-13-16-19-22-23-24-27-29-32-35-38-44(47)50-41-42(51-45(48)39-36-33-30-26-21-18-15-12-9-6-3)40-49-43(46)37-34-31-28-25-20-17-14-11-8-5-2/h12,15,19,22,42H,4-11,13-14,16-18,20-21,23-41H2,1-3H3/b15-12-,22-19-. The first kappa shape index (κ1) is 48.9. The Morgan fingerprint density at radius 3 is 1.08 bits per heavy atom. The molecule has 6 nitrogen and oxygen atoms in total. The average Bonchev–Trinajstić information content (AvgIpc) is 3.12. The van der Waals surface area contributed by atoms with E-state index in [4.69, 9.17) is 14.2 Å². The van der Waals surface area contributed by atoms with Gasteiger partial charge in [0.05, 0.1) is 0 Å². The van der Waals surface area contributed by atoms with Gasteiger partial charge >= 0.3 is 17.9 Å².